The van der Waals surface area contributed by atoms with Crippen molar-refractivity contribution in [2.75, 3.05) is 0 Å². The lowest BCUT2D eigenvalue weighted by Crippen LogP contribution is -1.87. The summed E-state index contributed by atoms with van der Waals surface area (Å²) in [5.41, 5.74) is 2.91. The summed E-state index contributed by atoms with van der Waals surface area (Å²) in [6, 6.07) is 10.0. The quantitative estimate of drug-likeness (QED) is 0.693. The minimum absolute atomic E-state index is 0.698. The van der Waals surface area contributed by atoms with E-state index in [0.29, 0.717) is 4.64 Å². The van der Waals surface area contributed by atoms with E-state index in [-0.39, 0.29) is 0 Å². The first-order valence-corrected chi connectivity index (χ1v) is 6.27. The van der Waals surface area contributed by atoms with Crippen LogP contribution in [0.2, 0.25) is 0 Å². The second-order valence-corrected chi connectivity index (χ2v) is 4.98. The first-order valence-electron chi connectivity index (χ1n) is 5.07. The number of rotatable bonds is 1. The van der Waals surface area contributed by atoms with E-state index in [0.717, 1.165) is 21.2 Å². The molecule has 0 saturated carbocycles. The maximum absolute atomic E-state index is 5.21. The molecule has 3 aromatic rings. The highest BCUT2D eigenvalue weighted by atomic mass is 79.9. The van der Waals surface area contributed by atoms with E-state index >= 15 is 0 Å². The molecule has 0 aliphatic heterocycles. The summed E-state index contributed by atoms with van der Waals surface area (Å²) in [5.74, 6) is 0. The van der Waals surface area contributed by atoms with Crippen LogP contribution in [0.3, 0.4) is 0 Å². The van der Waals surface area contributed by atoms with E-state index in [9.17, 15) is 0 Å². The van der Waals surface area contributed by atoms with E-state index in [1.807, 2.05) is 36.5 Å². The largest absolute Gasteiger partial charge is 0.350 e. The van der Waals surface area contributed by atoms with Gasteiger partial charge in [0, 0.05) is 22.4 Å². The first kappa shape index (κ1) is 10.7. The monoisotopic (exact) mass is 305 g/mol. The van der Waals surface area contributed by atoms with Crippen molar-refractivity contribution in [3.63, 3.8) is 0 Å². The number of fused-ring (bicyclic) bond motifs is 1. The highest BCUT2D eigenvalue weighted by Crippen LogP contribution is 2.21. The van der Waals surface area contributed by atoms with E-state index in [2.05, 4.69) is 26.0 Å². The van der Waals surface area contributed by atoms with E-state index < -0.39 is 0 Å². The summed E-state index contributed by atoms with van der Waals surface area (Å²) in [5, 5.41) is 4.49. The molecule has 0 unspecified atom stereocenters. The Morgan fingerprint density at radius 3 is 2.71 bits per heavy atom. The molecule has 0 atom stereocenters. The molecule has 0 saturated heterocycles. The molecule has 0 bridgehead atoms. The van der Waals surface area contributed by atoms with Gasteiger partial charge in [-0.15, -0.1) is 0 Å². The third-order valence-corrected chi connectivity index (χ3v) is 3.39. The van der Waals surface area contributed by atoms with Gasteiger partial charge in [0.15, 0.2) is 0 Å². The van der Waals surface area contributed by atoms with Gasteiger partial charge in [-0.1, -0.05) is 40.3 Å². The Morgan fingerprint density at radius 1 is 1.24 bits per heavy atom. The van der Waals surface area contributed by atoms with Crippen LogP contribution >= 0.6 is 28.1 Å². The van der Waals surface area contributed by atoms with Crippen molar-refractivity contribution in [1.82, 2.24) is 14.6 Å². The van der Waals surface area contributed by atoms with Gasteiger partial charge in [-0.25, -0.2) is 4.52 Å². The zero-order chi connectivity index (χ0) is 11.8. The Kier molecular flexibility index (Phi) is 2.57. The van der Waals surface area contributed by atoms with E-state index in [1.165, 1.54) is 0 Å². The maximum Gasteiger partial charge on any atom is 0.129 e. The maximum atomic E-state index is 5.21. The predicted molar refractivity (Wildman–Crippen MR) is 73.5 cm³/mol. The van der Waals surface area contributed by atoms with Crippen LogP contribution in [-0.4, -0.2) is 14.6 Å². The van der Waals surface area contributed by atoms with Crippen LogP contribution < -0.4 is 0 Å². The third-order valence-electron chi connectivity index (χ3n) is 2.54. The lowest BCUT2D eigenvalue weighted by Gasteiger charge is -1.95. The zero-order valence-electron chi connectivity index (χ0n) is 8.72. The van der Waals surface area contributed by atoms with Crippen LogP contribution in [0.1, 0.15) is 0 Å². The van der Waals surface area contributed by atoms with Crippen LogP contribution in [0.15, 0.2) is 47.2 Å². The Labute approximate surface area is 111 Å². The molecule has 0 amide bonds. The summed E-state index contributed by atoms with van der Waals surface area (Å²) >= 11 is 8.63. The molecule has 1 aromatic carbocycles. The molecule has 3 nitrogen and oxygen atoms in total. The lowest BCUT2D eigenvalue weighted by atomic mass is 10.1. The molecular weight excluding hydrogens is 298 g/mol. The van der Waals surface area contributed by atoms with Crippen LogP contribution in [0, 0.1) is 4.64 Å². The minimum Gasteiger partial charge on any atom is -0.350 e. The number of H-pyrrole nitrogens is 1. The average Bonchev–Trinajstić information content (AvgIpc) is 2.75. The average molecular weight is 306 g/mol. The van der Waals surface area contributed by atoms with Crippen molar-refractivity contribution in [3.8, 4) is 11.3 Å². The van der Waals surface area contributed by atoms with Gasteiger partial charge in [0.25, 0.3) is 0 Å². The topological polar surface area (TPSA) is 33.1 Å². The van der Waals surface area contributed by atoms with Crippen LogP contribution in [0.4, 0.5) is 0 Å². The fourth-order valence-electron chi connectivity index (χ4n) is 1.70. The number of halogens is 1. The van der Waals surface area contributed by atoms with Crippen molar-refractivity contribution in [2.24, 2.45) is 0 Å². The summed E-state index contributed by atoms with van der Waals surface area (Å²) in [6.07, 6.45) is 3.64. The summed E-state index contributed by atoms with van der Waals surface area (Å²) in [7, 11) is 0. The smallest absolute Gasteiger partial charge is 0.129 e. The molecule has 1 N–H and O–H groups in total. The van der Waals surface area contributed by atoms with Gasteiger partial charge in [0.2, 0.25) is 0 Å². The van der Waals surface area contributed by atoms with Crippen molar-refractivity contribution >= 4 is 33.7 Å². The minimum atomic E-state index is 0.698. The normalized spacial score (nSPS) is 10.9. The second-order valence-electron chi connectivity index (χ2n) is 3.66. The van der Waals surface area contributed by atoms with Crippen molar-refractivity contribution < 1.29 is 0 Å². The number of benzene rings is 1. The highest BCUT2D eigenvalue weighted by molar-refractivity contribution is 9.10. The van der Waals surface area contributed by atoms with Crippen molar-refractivity contribution in [2.45, 2.75) is 0 Å². The molecule has 2 heterocycles. The van der Waals surface area contributed by atoms with Gasteiger partial charge >= 0.3 is 0 Å². The Hall–Kier alpha value is -1.46. The number of nitrogens with one attached hydrogen (secondary N) is 1. The summed E-state index contributed by atoms with van der Waals surface area (Å²) in [4.78, 5) is 2.99. The lowest BCUT2D eigenvalue weighted by molar-refractivity contribution is 0.946. The molecule has 17 heavy (non-hydrogen) atoms. The Balaban J connectivity index is 2.21. The second kappa shape index (κ2) is 4.09. The molecule has 0 aliphatic carbocycles. The number of hydrogen-bond donors (Lipinski definition) is 1. The first-order chi connectivity index (χ1) is 8.24. The van der Waals surface area contributed by atoms with Crippen LogP contribution in [0.5, 0.6) is 0 Å². The third kappa shape index (κ3) is 1.92. The zero-order valence-corrected chi connectivity index (χ0v) is 11.1. The number of aromatic nitrogens is 3. The Bertz CT molecular complexity index is 727. The Morgan fingerprint density at radius 2 is 2.00 bits per heavy atom. The molecule has 5 heteroatoms. The molecular formula is C12H8BrN3S. The molecule has 0 fully saturated rings. The molecule has 3 rings (SSSR count). The van der Waals surface area contributed by atoms with Gasteiger partial charge in [0.1, 0.15) is 10.2 Å². The molecule has 0 radical (unpaired) electrons. The van der Waals surface area contributed by atoms with Crippen molar-refractivity contribution in [3.05, 3.63) is 51.8 Å². The van der Waals surface area contributed by atoms with Crippen LogP contribution in [-0.2, 0) is 0 Å². The fourth-order valence-corrected chi connectivity index (χ4v) is 2.18. The molecule has 2 aromatic heterocycles. The number of hydrogen-bond acceptors (Lipinski definition) is 2. The number of nitrogens with zero attached hydrogens (tertiary/aromatic N) is 2. The predicted octanol–water partition coefficient (Wildman–Crippen LogP) is 3.82. The van der Waals surface area contributed by atoms with E-state index in [4.69, 9.17) is 12.2 Å². The fraction of sp³-hybridized carbons (Fsp3) is 0. The summed E-state index contributed by atoms with van der Waals surface area (Å²) in [6.45, 7) is 0. The number of aromatic amines is 1. The molecule has 84 valence electrons. The van der Waals surface area contributed by atoms with E-state index in [1.54, 1.807) is 10.7 Å². The van der Waals surface area contributed by atoms with Crippen molar-refractivity contribution in [1.29, 1.82) is 0 Å². The van der Waals surface area contributed by atoms with Gasteiger partial charge in [-0.3, -0.25) is 0 Å². The highest BCUT2D eigenvalue weighted by Gasteiger charge is 2.04. The molecule has 0 spiro atoms. The van der Waals surface area contributed by atoms with Crippen LogP contribution in [0.25, 0.3) is 16.8 Å². The van der Waals surface area contributed by atoms with Gasteiger partial charge in [-0.05, 0) is 18.2 Å². The van der Waals surface area contributed by atoms with Gasteiger partial charge in [0.05, 0.1) is 5.69 Å². The van der Waals surface area contributed by atoms with Gasteiger partial charge in [-0.2, -0.15) is 5.10 Å². The SMILES string of the molecule is S=c1[nH]ccn2nc(-c3ccc(Br)cc3)cc12. The standard InChI is InChI=1S/C12H8BrN3S/c13-9-3-1-8(2-4-9)10-7-11-12(17)14-5-6-16(11)15-10/h1-7H,(H,14,17). The van der Waals surface area contributed by atoms with Gasteiger partial charge < -0.3 is 4.98 Å². The summed E-state index contributed by atoms with van der Waals surface area (Å²) < 4.78 is 3.54. The molecule has 0 aliphatic rings.